The van der Waals surface area contributed by atoms with Gasteiger partial charge in [0.25, 0.3) is 0 Å². The van der Waals surface area contributed by atoms with Gasteiger partial charge in [0.2, 0.25) is 5.89 Å². The highest BCUT2D eigenvalue weighted by Gasteiger charge is 2.18. The Morgan fingerprint density at radius 2 is 2.12 bits per heavy atom. The summed E-state index contributed by atoms with van der Waals surface area (Å²) in [7, 11) is 0. The van der Waals surface area contributed by atoms with E-state index in [2.05, 4.69) is 15.0 Å². The number of anilines is 1. The van der Waals surface area contributed by atoms with Crippen LogP contribution in [0.25, 0.3) is 11.6 Å². The van der Waals surface area contributed by atoms with Crippen molar-refractivity contribution in [3.05, 3.63) is 23.3 Å². The number of aromatic nitrogens is 3. The highest BCUT2D eigenvalue weighted by Crippen LogP contribution is 2.21. The molecular weight excluding hydrogens is 224 g/mol. The maximum Gasteiger partial charge on any atom is 0.358 e. The van der Waals surface area contributed by atoms with E-state index in [1.807, 2.05) is 0 Å². The molecule has 0 spiro atoms. The first kappa shape index (κ1) is 11.1. The van der Waals surface area contributed by atoms with Crippen LogP contribution in [0.1, 0.15) is 21.9 Å². The molecule has 2 rings (SSSR count). The van der Waals surface area contributed by atoms with Crippen LogP contribution in [0.2, 0.25) is 0 Å². The van der Waals surface area contributed by atoms with E-state index in [1.54, 1.807) is 13.8 Å². The van der Waals surface area contributed by atoms with Gasteiger partial charge in [-0.25, -0.2) is 19.7 Å². The zero-order valence-electron chi connectivity index (χ0n) is 9.26. The van der Waals surface area contributed by atoms with Crippen LogP contribution in [0.15, 0.2) is 10.6 Å². The zero-order chi connectivity index (χ0) is 12.6. The Morgan fingerprint density at radius 3 is 2.65 bits per heavy atom. The fourth-order valence-corrected chi connectivity index (χ4v) is 1.36. The number of carbonyl (C=O) groups is 1. The molecular formula is C10H10N4O3. The number of oxazole rings is 1. The van der Waals surface area contributed by atoms with E-state index in [0.717, 1.165) is 0 Å². The fourth-order valence-electron chi connectivity index (χ4n) is 1.36. The Morgan fingerprint density at radius 1 is 1.41 bits per heavy atom. The smallest absolute Gasteiger partial charge is 0.358 e. The van der Waals surface area contributed by atoms with Gasteiger partial charge in [0, 0.05) is 0 Å². The van der Waals surface area contributed by atoms with E-state index in [-0.39, 0.29) is 17.4 Å². The molecule has 3 N–H and O–H groups in total. The number of aryl methyl sites for hydroxylation is 2. The highest BCUT2D eigenvalue weighted by atomic mass is 16.4. The molecule has 17 heavy (non-hydrogen) atoms. The molecule has 0 saturated carbocycles. The normalized spacial score (nSPS) is 10.5. The van der Waals surface area contributed by atoms with E-state index in [4.69, 9.17) is 15.3 Å². The Labute approximate surface area is 96.3 Å². The highest BCUT2D eigenvalue weighted by molar-refractivity contribution is 5.90. The lowest BCUT2D eigenvalue weighted by atomic mass is 10.3. The molecule has 0 aliphatic heterocycles. The van der Waals surface area contributed by atoms with Gasteiger partial charge >= 0.3 is 5.97 Å². The first-order chi connectivity index (χ1) is 7.99. The molecule has 2 aromatic heterocycles. The number of nitrogens with zero attached hydrogens (tertiary/aromatic N) is 3. The summed E-state index contributed by atoms with van der Waals surface area (Å²) < 4.78 is 5.29. The first-order valence-corrected chi connectivity index (χ1v) is 4.79. The van der Waals surface area contributed by atoms with Crippen LogP contribution in [0.3, 0.4) is 0 Å². The average Bonchev–Trinajstić information content (AvgIpc) is 2.67. The number of carboxylic acid groups (broad SMARTS) is 1. The maximum absolute atomic E-state index is 10.8. The van der Waals surface area contributed by atoms with Gasteiger partial charge in [0.05, 0.1) is 11.9 Å². The van der Waals surface area contributed by atoms with Crippen LogP contribution >= 0.6 is 0 Å². The second-order valence-corrected chi connectivity index (χ2v) is 3.47. The van der Waals surface area contributed by atoms with Gasteiger partial charge in [0.1, 0.15) is 11.5 Å². The summed E-state index contributed by atoms with van der Waals surface area (Å²) in [6.07, 6.45) is 1.54. The third-order valence-corrected chi connectivity index (χ3v) is 2.12. The lowest BCUT2D eigenvalue weighted by molar-refractivity contribution is 0.0691. The summed E-state index contributed by atoms with van der Waals surface area (Å²) in [5.74, 6) is -0.472. The molecule has 0 atom stereocenters. The Hall–Kier alpha value is -2.44. The van der Waals surface area contributed by atoms with Crippen molar-refractivity contribution in [1.29, 1.82) is 0 Å². The van der Waals surface area contributed by atoms with E-state index < -0.39 is 5.97 Å². The van der Waals surface area contributed by atoms with Crippen molar-refractivity contribution in [3.8, 4) is 11.6 Å². The summed E-state index contributed by atoms with van der Waals surface area (Å²) in [6, 6.07) is 0. The topological polar surface area (TPSA) is 115 Å². The standard InChI is InChI=1S/C10H10N4O3/c1-4-3-12-9(17-4)6-5(2)13-7(10(15)16)8(11)14-6/h3H,1-2H3,(H2,11,14)(H,15,16). The van der Waals surface area contributed by atoms with Gasteiger partial charge in [-0.1, -0.05) is 0 Å². The quantitative estimate of drug-likeness (QED) is 0.797. The number of hydrogen-bond acceptors (Lipinski definition) is 6. The summed E-state index contributed by atoms with van der Waals surface area (Å²) in [4.78, 5) is 22.6. The minimum atomic E-state index is -1.21. The minimum Gasteiger partial charge on any atom is -0.476 e. The number of nitrogen functional groups attached to an aromatic ring is 1. The van der Waals surface area contributed by atoms with Crippen LogP contribution in [-0.4, -0.2) is 26.0 Å². The maximum atomic E-state index is 10.8. The zero-order valence-corrected chi connectivity index (χ0v) is 9.26. The van der Waals surface area contributed by atoms with Crippen molar-refractivity contribution >= 4 is 11.8 Å². The molecule has 2 heterocycles. The molecule has 0 aliphatic carbocycles. The van der Waals surface area contributed by atoms with Gasteiger partial charge in [0.15, 0.2) is 11.5 Å². The Bertz CT molecular complexity index is 591. The SMILES string of the molecule is Cc1cnc(-c2nc(N)c(C(=O)O)nc2C)o1. The monoisotopic (exact) mass is 234 g/mol. The van der Waals surface area contributed by atoms with E-state index in [9.17, 15) is 4.79 Å². The summed E-state index contributed by atoms with van der Waals surface area (Å²) in [6.45, 7) is 3.36. The second kappa shape index (κ2) is 3.85. The first-order valence-electron chi connectivity index (χ1n) is 4.79. The Balaban J connectivity index is 2.57. The number of rotatable bonds is 2. The summed E-state index contributed by atoms with van der Waals surface area (Å²) in [5, 5.41) is 8.83. The minimum absolute atomic E-state index is 0.158. The molecule has 0 saturated heterocycles. The van der Waals surface area contributed by atoms with Crippen molar-refractivity contribution in [3.63, 3.8) is 0 Å². The number of hydrogen-bond donors (Lipinski definition) is 2. The van der Waals surface area contributed by atoms with Crippen LogP contribution < -0.4 is 5.73 Å². The molecule has 0 amide bonds. The molecule has 0 radical (unpaired) electrons. The van der Waals surface area contributed by atoms with Crippen molar-refractivity contribution in [2.75, 3.05) is 5.73 Å². The van der Waals surface area contributed by atoms with E-state index in [0.29, 0.717) is 17.1 Å². The third-order valence-electron chi connectivity index (χ3n) is 2.12. The predicted octanol–water partition coefficient (Wildman–Crippen LogP) is 1.03. The molecule has 2 aromatic rings. The van der Waals surface area contributed by atoms with Gasteiger partial charge in [-0.15, -0.1) is 0 Å². The molecule has 0 unspecified atom stereocenters. The van der Waals surface area contributed by atoms with Gasteiger partial charge in [-0.05, 0) is 13.8 Å². The largest absolute Gasteiger partial charge is 0.476 e. The van der Waals surface area contributed by atoms with Crippen LogP contribution in [0.4, 0.5) is 5.82 Å². The summed E-state index contributed by atoms with van der Waals surface area (Å²) in [5.41, 5.74) is 5.99. The van der Waals surface area contributed by atoms with Crippen LogP contribution in [-0.2, 0) is 0 Å². The lowest BCUT2D eigenvalue weighted by Crippen LogP contribution is -2.10. The predicted molar refractivity (Wildman–Crippen MR) is 58.4 cm³/mol. The lowest BCUT2D eigenvalue weighted by Gasteiger charge is -2.04. The van der Waals surface area contributed by atoms with Crippen LogP contribution in [0, 0.1) is 13.8 Å². The van der Waals surface area contributed by atoms with Crippen molar-refractivity contribution in [2.24, 2.45) is 0 Å². The molecule has 7 heteroatoms. The Kier molecular flexibility index (Phi) is 2.51. The molecule has 7 nitrogen and oxygen atoms in total. The van der Waals surface area contributed by atoms with Gasteiger partial charge < -0.3 is 15.3 Å². The van der Waals surface area contributed by atoms with E-state index >= 15 is 0 Å². The molecule has 0 fully saturated rings. The van der Waals surface area contributed by atoms with Gasteiger partial charge in [-0.2, -0.15) is 0 Å². The molecule has 88 valence electrons. The number of carboxylic acids is 1. The number of aromatic carboxylic acids is 1. The molecule has 0 aromatic carbocycles. The average molecular weight is 234 g/mol. The summed E-state index contributed by atoms with van der Waals surface area (Å²) >= 11 is 0. The number of nitrogens with two attached hydrogens (primary N) is 1. The van der Waals surface area contributed by atoms with Crippen molar-refractivity contribution in [1.82, 2.24) is 15.0 Å². The van der Waals surface area contributed by atoms with E-state index in [1.165, 1.54) is 6.20 Å². The molecule has 0 bridgehead atoms. The van der Waals surface area contributed by atoms with Crippen molar-refractivity contribution < 1.29 is 14.3 Å². The van der Waals surface area contributed by atoms with Gasteiger partial charge in [-0.3, -0.25) is 0 Å². The molecule has 0 aliphatic rings. The second-order valence-electron chi connectivity index (χ2n) is 3.47. The third kappa shape index (κ3) is 1.94. The van der Waals surface area contributed by atoms with Crippen molar-refractivity contribution in [2.45, 2.75) is 13.8 Å². The fraction of sp³-hybridized carbons (Fsp3) is 0.200. The van der Waals surface area contributed by atoms with Crippen LogP contribution in [0.5, 0.6) is 0 Å².